The number of para-hydroxylation sites is 2. The lowest BCUT2D eigenvalue weighted by Crippen LogP contribution is -2.36. The summed E-state index contributed by atoms with van der Waals surface area (Å²) in [5.41, 5.74) is 1.80. The molecule has 1 fully saturated rings. The highest BCUT2D eigenvalue weighted by molar-refractivity contribution is 6.07. The topological polar surface area (TPSA) is 67.6 Å². The summed E-state index contributed by atoms with van der Waals surface area (Å²) in [5, 5.41) is 2.87. The fourth-order valence-electron chi connectivity index (χ4n) is 3.09. The molecule has 138 valence electrons. The van der Waals surface area contributed by atoms with Crippen LogP contribution < -0.4 is 10.2 Å². The van der Waals surface area contributed by atoms with Gasteiger partial charge in [-0.3, -0.25) is 4.79 Å². The zero-order valence-electron chi connectivity index (χ0n) is 14.5. The molecule has 1 aromatic heterocycles. The normalized spacial score (nSPS) is 14.2. The van der Waals surface area contributed by atoms with E-state index in [1.807, 2.05) is 24.3 Å². The molecule has 2 heterocycles. The Morgan fingerprint density at radius 1 is 1.07 bits per heavy atom. The molecule has 6 nitrogen and oxygen atoms in total. The lowest BCUT2D eigenvalue weighted by molar-refractivity contribution is 0.102. The number of hydrogen-bond donors (Lipinski definition) is 1. The molecule has 27 heavy (non-hydrogen) atoms. The van der Waals surface area contributed by atoms with E-state index < -0.39 is 11.7 Å². The van der Waals surface area contributed by atoms with Crippen molar-refractivity contribution in [3.05, 3.63) is 66.4 Å². The third-order valence-electron chi connectivity index (χ3n) is 4.41. The van der Waals surface area contributed by atoms with E-state index >= 15 is 0 Å². The summed E-state index contributed by atoms with van der Waals surface area (Å²) in [4.78, 5) is 19.0. The molecule has 1 aliphatic heterocycles. The Morgan fingerprint density at radius 3 is 2.63 bits per heavy atom. The smallest absolute Gasteiger partial charge is 0.278 e. The predicted molar refractivity (Wildman–Crippen MR) is 99.3 cm³/mol. The quantitative estimate of drug-likeness (QED) is 0.764. The first-order chi connectivity index (χ1) is 13.2. The highest BCUT2D eigenvalue weighted by atomic mass is 19.1. The number of aromatic nitrogens is 1. The second-order valence-electron chi connectivity index (χ2n) is 6.08. The predicted octanol–water partition coefficient (Wildman–Crippen LogP) is 3.57. The summed E-state index contributed by atoms with van der Waals surface area (Å²) in [7, 11) is 0. The highest BCUT2D eigenvalue weighted by Gasteiger charge is 2.22. The van der Waals surface area contributed by atoms with Crippen molar-refractivity contribution in [2.45, 2.75) is 0 Å². The Hall–Kier alpha value is -3.19. The minimum Gasteiger partial charge on any atom is -0.443 e. The lowest BCUT2D eigenvalue weighted by atomic mass is 10.1. The number of anilines is 2. The Labute approximate surface area is 155 Å². The second-order valence-corrected chi connectivity index (χ2v) is 6.08. The molecule has 0 bridgehead atoms. The maximum atomic E-state index is 14.1. The molecular formula is C20H18FN3O3. The zero-order chi connectivity index (χ0) is 18.6. The first-order valence-electron chi connectivity index (χ1n) is 8.65. The molecule has 0 unspecified atom stereocenters. The molecule has 0 radical (unpaired) electrons. The maximum Gasteiger partial charge on any atom is 0.278 e. The number of carbonyl (C=O) groups excluding carboxylic acids is 1. The Balaban J connectivity index is 1.61. The van der Waals surface area contributed by atoms with Crippen LogP contribution in [-0.4, -0.2) is 37.2 Å². The molecule has 0 saturated carbocycles. The van der Waals surface area contributed by atoms with E-state index in [9.17, 15) is 9.18 Å². The van der Waals surface area contributed by atoms with E-state index in [-0.39, 0.29) is 17.0 Å². The minimum absolute atomic E-state index is 0.0388. The molecule has 1 saturated heterocycles. The van der Waals surface area contributed by atoms with Crippen LogP contribution in [0.25, 0.3) is 11.3 Å². The van der Waals surface area contributed by atoms with Crippen LogP contribution in [0.1, 0.15) is 10.5 Å². The van der Waals surface area contributed by atoms with E-state index in [2.05, 4.69) is 15.2 Å². The fraction of sp³-hybridized carbons (Fsp3) is 0.200. The van der Waals surface area contributed by atoms with Crippen LogP contribution in [0.5, 0.6) is 0 Å². The monoisotopic (exact) mass is 367 g/mol. The van der Waals surface area contributed by atoms with Gasteiger partial charge in [-0.25, -0.2) is 9.37 Å². The molecule has 0 atom stereocenters. The average Bonchev–Trinajstić information content (AvgIpc) is 3.19. The standard InChI is InChI=1S/C20H18FN3O3/c21-15-6-2-1-5-14(15)19-18(22-13-27-19)20(25)23-16-7-3-4-8-17(16)24-9-11-26-12-10-24/h1-8,13H,9-12H2,(H,23,25). The van der Waals surface area contributed by atoms with Crippen molar-refractivity contribution in [2.24, 2.45) is 0 Å². The molecule has 1 N–H and O–H groups in total. The number of oxazole rings is 1. The largest absolute Gasteiger partial charge is 0.443 e. The molecule has 7 heteroatoms. The molecule has 1 aliphatic rings. The minimum atomic E-state index is -0.475. The number of halogens is 1. The van der Waals surface area contributed by atoms with Crippen LogP contribution in [0.15, 0.2) is 59.3 Å². The van der Waals surface area contributed by atoms with Crippen molar-refractivity contribution in [3.63, 3.8) is 0 Å². The van der Waals surface area contributed by atoms with E-state index in [1.54, 1.807) is 18.2 Å². The van der Waals surface area contributed by atoms with Gasteiger partial charge in [0.05, 0.1) is 30.2 Å². The zero-order valence-corrected chi connectivity index (χ0v) is 14.5. The lowest BCUT2D eigenvalue weighted by Gasteiger charge is -2.30. The van der Waals surface area contributed by atoms with Crippen LogP contribution in [0.3, 0.4) is 0 Å². The molecule has 3 aromatic rings. The fourth-order valence-corrected chi connectivity index (χ4v) is 3.09. The molecule has 4 rings (SSSR count). The first-order valence-corrected chi connectivity index (χ1v) is 8.65. The molecule has 0 spiro atoms. The summed E-state index contributed by atoms with van der Waals surface area (Å²) in [5.74, 6) is -0.825. The maximum absolute atomic E-state index is 14.1. The van der Waals surface area contributed by atoms with Crippen LogP contribution in [-0.2, 0) is 4.74 Å². The van der Waals surface area contributed by atoms with Gasteiger partial charge in [-0.1, -0.05) is 24.3 Å². The van der Waals surface area contributed by atoms with Gasteiger partial charge in [-0.2, -0.15) is 0 Å². The Kier molecular flexibility index (Phi) is 4.84. The number of morpholine rings is 1. The number of benzene rings is 2. The van der Waals surface area contributed by atoms with Crippen molar-refractivity contribution < 1.29 is 18.3 Å². The third kappa shape index (κ3) is 3.54. The number of nitrogens with zero attached hydrogens (tertiary/aromatic N) is 2. The number of nitrogens with one attached hydrogen (secondary N) is 1. The van der Waals surface area contributed by atoms with E-state index in [0.717, 1.165) is 25.2 Å². The van der Waals surface area contributed by atoms with Gasteiger partial charge in [0.15, 0.2) is 17.8 Å². The molecule has 2 aromatic carbocycles. The number of amides is 1. The number of rotatable bonds is 4. The van der Waals surface area contributed by atoms with Crippen molar-refractivity contribution in [2.75, 3.05) is 36.5 Å². The van der Waals surface area contributed by atoms with Gasteiger partial charge < -0.3 is 19.4 Å². The summed E-state index contributed by atoms with van der Waals surface area (Å²) >= 11 is 0. The van der Waals surface area contributed by atoms with Crippen molar-refractivity contribution in [1.82, 2.24) is 4.98 Å². The van der Waals surface area contributed by atoms with Crippen molar-refractivity contribution in [3.8, 4) is 11.3 Å². The third-order valence-corrected chi connectivity index (χ3v) is 4.41. The van der Waals surface area contributed by atoms with Crippen LogP contribution >= 0.6 is 0 Å². The number of ether oxygens (including phenoxy) is 1. The van der Waals surface area contributed by atoms with Gasteiger partial charge in [0, 0.05) is 13.1 Å². The van der Waals surface area contributed by atoms with Crippen molar-refractivity contribution >= 4 is 17.3 Å². The van der Waals surface area contributed by atoms with Crippen LogP contribution in [0.4, 0.5) is 15.8 Å². The van der Waals surface area contributed by atoms with Gasteiger partial charge in [-0.05, 0) is 24.3 Å². The van der Waals surface area contributed by atoms with Gasteiger partial charge in [0.1, 0.15) is 5.82 Å². The van der Waals surface area contributed by atoms with Gasteiger partial charge >= 0.3 is 0 Å². The Bertz CT molecular complexity index is 951. The summed E-state index contributed by atoms with van der Waals surface area (Å²) in [6, 6.07) is 13.7. The van der Waals surface area contributed by atoms with Gasteiger partial charge in [0.25, 0.3) is 5.91 Å². The van der Waals surface area contributed by atoms with E-state index in [4.69, 9.17) is 9.15 Å². The van der Waals surface area contributed by atoms with Crippen molar-refractivity contribution in [1.29, 1.82) is 0 Å². The van der Waals surface area contributed by atoms with E-state index in [0.29, 0.717) is 18.9 Å². The summed E-state index contributed by atoms with van der Waals surface area (Å²) < 4.78 is 24.8. The summed E-state index contributed by atoms with van der Waals surface area (Å²) in [6.07, 6.45) is 1.14. The Morgan fingerprint density at radius 2 is 1.81 bits per heavy atom. The average molecular weight is 367 g/mol. The van der Waals surface area contributed by atoms with Gasteiger partial charge in [-0.15, -0.1) is 0 Å². The number of carbonyl (C=O) groups is 1. The molecule has 1 amide bonds. The van der Waals surface area contributed by atoms with Crippen LogP contribution in [0, 0.1) is 5.82 Å². The number of hydrogen-bond acceptors (Lipinski definition) is 5. The first kappa shape index (κ1) is 17.2. The highest BCUT2D eigenvalue weighted by Crippen LogP contribution is 2.29. The molecular weight excluding hydrogens is 349 g/mol. The summed E-state index contributed by atoms with van der Waals surface area (Å²) in [6.45, 7) is 2.78. The van der Waals surface area contributed by atoms with Crippen LogP contribution in [0.2, 0.25) is 0 Å². The molecule has 0 aliphatic carbocycles. The van der Waals surface area contributed by atoms with E-state index in [1.165, 1.54) is 6.07 Å². The second kappa shape index (κ2) is 7.59. The van der Waals surface area contributed by atoms with Gasteiger partial charge in [0.2, 0.25) is 0 Å². The SMILES string of the molecule is O=C(Nc1ccccc1N1CCOCC1)c1ncoc1-c1ccccc1F.